The normalized spacial score (nSPS) is 13.1. The smallest absolute Gasteiger partial charge is 0.231 e. The Labute approximate surface area is 107 Å². The molecule has 0 aliphatic carbocycles. The Morgan fingerprint density at radius 2 is 2.11 bits per heavy atom. The average molecular weight is 249 g/mol. The second-order valence-electron chi connectivity index (χ2n) is 4.76. The molecule has 0 bridgehead atoms. The van der Waals surface area contributed by atoms with E-state index < -0.39 is 0 Å². The lowest BCUT2D eigenvalue weighted by Gasteiger charge is -2.07. The molecule has 2 rings (SSSR count). The number of Topliss-reactive ketones (excluding diaryl/α,β-unsaturated/α-hetero) is 1. The number of hydrogen-bond acceptors (Lipinski definition) is 4. The van der Waals surface area contributed by atoms with Crippen LogP contribution in [0.5, 0.6) is 11.5 Å². The Balaban J connectivity index is 1.81. The van der Waals surface area contributed by atoms with Crippen LogP contribution in [0.4, 0.5) is 0 Å². The van der Waals surface area contributed by atoms with Crippen molar-refractivity contribution in [3.63, 3.8) is 0 Å². The third-order valence-corrected chi connectivity index (χ3v) is 2.84. The molecular weight excluding hydrogens is 230 g/mol. The molecule has 1 heterocycles. The highest BCUT2D eigenvalue weighted by Crippen LogP contribution is 2.32. The van der Waals surface area contributed by atoms with Gasteiger partial charge in [0.15, 0.2) is 11.5 Å². The van der Waals surface area contributed by atoms with Gasteiger partial charge in [0.1, 0.15) is 5.78 Å². The number of rotatable bonds is 6. The van der Waals surface area contributed by atoms with Crippen LogP contribution in [0.3, 0.4) is 0 Å². The van der Waals surface area contributed by atoms with E-state index >= 15 is 0 Å². The molecular formula is C14H19NO3. The maximum absolute atomic E-state index is 11.6. The van der Waals surface area contributed by atoms with Crippen LogP contribution in [0, 0.1) is 0 Å². The molecule has 0 saturated heterocycles. The number of aryl methyl sites for hydroxylation is 1. The van der Waals surface area contributed by atoms with Crippen LogP contribution in [0.15, 0.2) is 18.2 Å². The van der Waals surface area contributed by atoms with E-state index in [-0.39, 0.29) is 12.6 Å². The topological polar surface area (TPSA) is 47.6 Å². The average Bonchev–Trinajstić information content (AvgIpc) is 2.81. The number of ether oxygens (including phenoxy) is 2. The first-order valence-corrected chi connectivity index (χ1v) is 6.29. The first kappa shape index (κ1) is 12.9. The molecule has 4 heteroatoms. The first-order valence-electron chi connectivity index (χ1n) is 6.29. The van der Waals surface area contributed by atoms with Gasteiger partial charge in [-0.05, 0) is 24.1 Å². The van der Waals surface area contributed by atoms with Crippen LogP contribution in [0.1, 0.15) is 25.8 Å². The Bertz CT molecular complexity index is 429. The molecule has 18 heavy (non-hydrogen) atoms. The maximum atomic E-state index is 11.6. The molecule has 0 aromatic heterocycles. The summed E-state index contributed by atoms with van der Waals surface area (Å²) in [6, 6.07) is 6.18. The molecule has 0 spiro atoms. The van der Waals surface area contributed by atoms with E-state index in [2.05, 4.69) is 5.32 Å². The highest BCUT2D eigenvalue weighted by Gasteiger charge is 2.13. The largest absolute Gasteiger partial charge is 0.454 e. The minimum atomic E-state index is 0.237. The van der Waals surface area contributed by atoms with E-state index in [1.54, 1.807) is 0 Å². The van der Waals surface area contributed by atoms with Crippen molar-refractivity contribution in [2.24, 2.45) is 0 Å². The number of ketones is 1. The van der Waals surface area contributed by atoms with Crippen molar-refractivity contribution in [3.8, 4) is 11.5 Å². The van der Waals surface area contributed by atoms with Crippen molar-refractivity contribution in [1.29, 1.82) is 0 Å². The van der Waals surface area contributed by atoms with Gasteiger partial charge in [-0.15, -0.1) is 0 Å². The highest BCUT2D eigenvalue weighted by atomic mass is 16.7. The highest BCUT2D eigenvalue weighted by molar-refractivity contribution is 5.80. The molecule has 0 amide bonds. The van der Waals surface area contributed by atoms with E-state index in [0.29, 0.717) is 19.0 Å². The summed E-state index contributed by atoms with van der Waals surface area (Å²) in [5.41, 5.74) is 1.11. The number of fused-ring (bicyclic) bond motifs is 1. The predicted octanol–water partition coefficient (Wildman–Crippen LogP) is 1.92. The maximum Gasteiger partial charge on any atom is 0.231 e. The van der Waals surface area contributed by atoms with Crippen molar-refractivity contribution in [2.45, 2.75) is 32.7 Å². The lowest BCUT2D eigenvalue weighted by Crippen LogP contribution is -2.29. The summed E-state index contributed by atoms with van der Waals surface area (Å²) >= 11 is 0. The van der Waals surface area contributed by atoms with Gasteiger partial charge < -0.3 is 14.8 Å². The number of carbonyl (C=O) groups excluding carboxylic acids is 1. The molecule has 98 valence electrons. The van der Waals surface area contributed by atoms with Crippen LogP contribution in [0.25, 0.3) is 0 Å². The SMILES string of the molecule is CC(C)NCC(=O)CCc1ccc2c(c1)OCO2. The van der Waals surface area contributed by atoms with Crippen LogP contribution < -0.4 is 14.8 Å². The van der Waals surface area contributed by atoms with Gasteiger partial charge in [0.05, 0.1) is 6.54 Å². The summed E-state index contributed by atoms with van der Waals surface area (Å²) in [7, 11) is 0. The summed E-state index contributed by atoms with van der Waals surface area (Å²) in [5.74, 6) is 1.80. The van der Waals surface area contributed by atoms with Gasteiger partial charge in [0.2, 0.25) is 6.79 Å². The van der Waals surface area contributed by atoms with E-state index in [4.69, 9.17) is 9.47 Å². The fraction of sp³-hybridized carbons (Fsp3) is 0.500. The fourth-order valence-corrected chi connectivity index (χ4v) is 1.79. The van der Waals surface area contributed by atoms with Gasteiger partial charge in [-0.25, -0.2) is 0 Å². The monoisotopic (exact) mass is 249 g/mol. The first-order chi connectivity index (χ1) is 8.65. The summed E-state index contributed by atoms with van der Waals surface area (Å²) in [6.45, 7) is 4.80. The third kappa shape index (κ3) is 3.47. The molecule has 1 aromatic carbocycles. The summed E-state index contributed by atoms with van der Waals surface area (Å²) in [4.78, 5) is 11.6. The van der Waals surface area contributed by atoms with Gasteiger partial charge in [0, 0.05) is 12.5 Å². The molecule has 0 saturated carbocycles. The summed E-state index contributed by atoms with van der Waals surface area (Å²) in [6.07, 6.45) is 1.30. The summed E-state index contributed by atoms with van der Waals surface area (Å²) in [5, 5.41) is 3.13. The van der Waals surface area contributed by atoms with Crippen molar-refractivity contribution in [2.75, 3.05) is 13.3 Å². The Hall–Kier alpha value is -1.55. The van der Waals surface area contributed by atoms with Crippen LogP contribution in [-0.2, 0) is 11.2 Å². The van der Waals surface area contributed by atoms with Gasteiger partial charge >= 0.3 is 0 Å². The Morgan fingerprint density at radius 1 is 1.33 bits per heavy atom. The molecule has 0 atom stereocenters. The van der Waals surface area contributed by atoms with E-state index in [1.165, 1.54) is 0 Å². The van der Waals surface area contributed by atoms with Crippen molar-refractivity contribution < 1.29 is 14.3 Å². The minimum Gasteiger partial charge on any atom is -0.454 e. The zero-order valence-electron chi connectivity index (χ0n) is 10.9. The molecule has 1 aromatic rings. The summed E-state index contributed by atoms with van der Waals surface area (Å²) < 4.78 is 10.6. The van der Waals surface area contributed by atoms with Crippen LogP contribution in [0.2, 0.25) is 0 Å². The quantitative estimate of drug-likeness (QED) is 0.836. The molecule has 0 fully saturated rings. The molecule has 1 aliphatic rings. The molecule has 1 aliphatic heterocycles. The lowest BCUT2D eigenvalue weighted by atomic mass is 10.1. The number of benzene rings is 1. The minimum absolute atomic E-state index is 0.237. The van der Waals surface area contributed by atoms with Crippen LogP contribution in [-0.4, -0.2) is 25.2 Å². The van der Waals surface area contributed by atoms with E-state index in [9.17, 15) is 4.79 Å². The Kier molecular flexibility index (Phi) is 4.20. The van der Waals surface area contributed by atoms with Gasteiger partial charge in [0.25, 0.3) is 0 Å². The zero-order valence-corrected chi connectivity index (χ0v) is 10.9. The van der Waals surface area contributed by atoms with E-state index in [1.807, 2.05) is 32.0 Å². The number of hydrogen-bond donors (Lipinski definition) is 1. The molecule has 4 nitrogen and oxygen atoms in total. The number of nitrogens with one attached hydrogen (secondary N) is 1. The molecule has 0 unspecified atom stereocenters. The van der Waals surface area contributed by atoms with Crippen molar-refractivity contribution >= 4 is 5.78 Å². The second kappa shape index (κ2) is 5.87. The molecule has 1 N–H and O–H groups in total. The predicted molar refractivity (Wildman–Crippen MR) is 69.0 cm³/mol. The zero-order chi connectivity index (χ0) is 13.0. The third-order valence-electron chi connectivity index (χ3n) is 2.84. The second-order valence-corrected chi connectivity index (χ2v) is 4.76. The van der Waals surface area contributed by atoms with Gasteiger partial charge in [-0.3, -0.25) is 4.79 Å². The number of carbonyl (C=O) groups is 1. The van der Waals surface area contributed by atoms with Gasteiger partial charge in [-0.2, -0.15) is 0 Å². The van der Waals surface area contributed by atoms with Crippen molar-refractivity contribution in [1.82, 2.24) is 5.32 Å². The van der Waals surface area contributed by atoms with Crippen LogP contribution >= 0.6 is 0 Å². The standard InChI is InChI=1S/C14H19NO3/c1-10(2)15-8-12(16)5-3-11-4-6-13-14(7-11)18-9-17-13/h4,6-7,10,15H,3,5,8-9H2,1-2H3. The van der Waals surface area contributed by atoms with Gasteiger partial charge in [-0.1, -0.05) is 19.9 Å². The fourth-order valence-electron chi connectivity index (χ4n) is 1.79. The lowest BCUT2D eigenvalue weighted by molar-refractivity contribution is -0.118. The Morgan fingerprint density at radius 3 is 2.89 bits per heavy atom. The van der Waals surface area contributed by atoms with Crippen molar-refractivity contribution in [3.05, 3.63) is 23.8 Å². The van der Waals surface area contributed by atoms with E-state index in [0.717, 1.165) is 23.5 Å². The molecule has 0 radical (unpaired) electrons.